The second-order valence-electron chi connectivity index (χ2n) is 8.62. The third-order valence-electron chi connectivity index (χ3n) is 6.44. The maximum atomic E-state index is 13.8. The van der Waals surface area contributed by atoms with Crippen LogP contribution in [0.5, 0.6) is 0 Å². The highest BCUT2D eigenvalue weighted by atomic mass is 16.3. The number of nitrogens with zero attached hydrogens (tertiary/aromatic N) is 1. The number of amides is 2. The monoisotopic (exact) mass is 462 g/mol. The number of nitrogens with one attached hydrogen (secondary N) is 1. The first-order chi connectivity index (χ1) is 17.1. The normalized spacial score (nSPS) is 16.4. The zero-order valence-corrected chi connectivity index (χ0v) is 19.1. The highest BCUT2D eigenvalue weighted by molar-refractivity contribution is 6.05. The minimum Gasteiger partial charge on any atom is -0.386 e. The largest absolute Gasteiger partial charge is 0.386 e. The van der Waals surface area contributed by atoms with Crippen molar-refractivity contribution in [2.24, 2.45) is 0 Å². The van der Waals surface area contributed by atoms with Crippen molar-refractivity contribution in [3.8, 4) is 0 Å². The Morgan fingerprint density at radius 2 is 1.31 bits per heavy atom. The minimum atomic E-state index is -1.03. The maximum Gasteiger partial charge on any atom is 0.255 e. The summed E-state index contributed by atoms with van der Waals surface area (Å²) in [6.07, 6.45) is -1.03. The molecule has 0 saturated heterocycles. The zero-order chi connectivity index (χ0) is 24.2. The number of fused-ring (bicyclic) bond motifs is 1. The summed E-state index contributed by atoms with van der Waals surface area (Å²) >= 11 is 0. The molecule has 2 N–H and O–H groups in total. The Morgan fingerprint density at radius 3 is 1.97 bits per heavy atom. The topological polar surface area (TPSA) is 69.6 Å². The van der Waals surface area contributed by atoms with Gasteiger partial charge in [0, 0.05) is 12.1 Å². The Labute approximate surface area is 204 Å². The molecule has 4 aromatic rings. The van der Waals surface area contributed by atoms with Gasteiger partial charge in [-0.2, -0.15) is 0 Å². The first-order valence-corrected chi connectivity index (χ1v) is 11.7. The van der Waals surface area contributed by atoms with Crippen LogP contribution in [0.15, 0.2) is 115 Å². The van der Waals surface area contributed by atoms with Gasteiger partial charge in [-0.3, -0.25) is 9.59 Å². The number of benzene rings is 4. The molecule has 3 unspecified atom stereocenters. The number of aliphatic hydroxyl groups is 1. The lowest BCUT2D eigenvalue weighted by Crippen LogP contribution is -2.42. The maximum absolute atomic E-state index is 13.8. The van der Waals surface area contributed by atoms with Crippen LogP contribution in [-0.2, 0) is 11.3 Å². The first-order valence-electron chi connectivity index (χ1n) is 11.7. The molecule has 4 aromatic carbocycles. The van der Waals surface area contributed by atoms with Gasteiger partial charge in [-0.15, -0.1) is 0 Å². The van der Waals surface area contributed by atoms with E-state index in [2.05, 4.69) is 5.32 Å². The fourth-order valence-electron chi connectivity index (χ4n) is 4.75. The minimum absolute atomic E-state index is 0.274. The molecule has 3 atom stereocenters. The average Bonchev–Trinajstić information content (AvgIpc) is 3.21. The first kappa shape index (κ1) is 22.6. The van der Waals surface area contributed by atoms with Crippen molar-refractivity contribution in [2.75, 3.05) is 0 Å². The fourth-order valence-corrected chi connectivity index (χ4v) is 4.75. The van der Waals surface area contributed by atoms with Crippen molar-refractivity contribution in [2.45, 2.75) is 24.7 Å². The Balaban J connectivity index is 1.56. The van der Waals surface area contributed by atoms with E-state index >= 15 is 0 Å². The standard InChI is InChI=1S/C30H26N2O3/c33-28(23-16-8-3-9-17-23)26(22-14-6-2-7-15-22)32-27(24-18-10-11-19-25(24)30(32)35)29(34)31-20-21-12-4-1-5-13-21/h1-19,26-28,33H,20H2,(H,31,34). The molecule has 5 nitrogen and oxygen atoms in total. The lowest BCUT2D eigenvalue weighted by atomic mass is 9.93. The Bertz CT molecular complexity index is 1310. The second-order valence-corrected chi connectivity index (χ2v) is 8.62. The van der Waals surface area contributed by atoms with Gasteiger partial charge in [0.1, 0.15) is 12.1 Å². The highest BCUT2D eigenvalue weighted by Gasteiger charge is 2.47. The number of hydrogen-bond acceptors (Lipinski definition) is 3. The summed E-state index contributed by atoms with van der Waals surface area (Å²) in [5, 5.41) is 14.6. The van der Waals surface area contributed by atoms with Crippen LogP contribution >= 0.6 is 0 Å². The zero-order valence-electron chi connectivity index (χ0n) is 19.1. The third kappa shape index (κ3) is 4.46. The number of carbonyl (C=O) groups excluding carboxylic acids is 2. The predicted octanol–water partition coefficient (Wildman–Crippen LogP) is 4.97. The van der Waals surface area contributed by atoms with E-state index in [-0.39, 0.29) is 11.8 Å². The second kappa shape index (κ2) is 9.95. The van der Waals surface area contributed by atoms with Gasteiger partial charge in [0.25, 0.3) is 5.91 Å². The average molecular weight is 463 g/mol. The SMILES string of the molecule is O=C(NCc1ccccc1)C1c2ccccc2C(=O)N1C(c1ccccc1)C(O)c1ccccc1. The van der Waals surface area contributed by atoms with Gasteiger partial charge in [-0.1, -0.05) is 109 Å². The summed E-state index contributed by atoms with van der Waals surface area (Å²) in [7, 11) is 0. The van der Waals surface area contributed by atoms with Crippen molar-refractivity contribution < 1.29 is 14.7 Å². The molecule has 35 heavy (non-hydrogen) atoms. The number of aliphatic hydroxyl groups excluding tert-OH is 1. The number of rotatable bonds is 7. The van der Waals surface area contributed by atoms with E-state index in [1.54, 1.807) is 12.1 Å². The van der Waals surface area contributed by atoms with Gasteiger partial charge >= 0.3 is 0 Å². The Hall–Kier alpha value is -4.22. The summed E-state index contributed by atoms with van der Waals surface area (Å²) in [6.45, 7) is 0.345. The van der Waals surface area contributed by atoms with Crippen LogP contribution < -0.4 is 5.32 Å². The van der Waals surface area contributed by atoms with E-state index < -0.39 is 18.2 Å². The summed E-state index contributed by atoms with van der Waals surface area (Å²) in [4.78, 5) is 29.0. The molecule has 0 spiro atoms. The molecular formula is C30H26N2O3. The molecule has 0 radical (unpaired) electrons. The molecule has 0 saturated carbocycles. The fraction of sp³-hybridized carbons (Fsp3) is 0.133. The van der Waals surface area contributed by atoms with Crippen LogP contribution in [0.25, 0.3) is 0 Å². The van der Waals surface area contributed by atoms with Gasteiger partial charge in [0.2, 0.25) is 5.91 Å². The van der Waals surface area contributed by atoms with Crippen LogP contribution in [0.3, 0.4) is 0 Å². The van der Waals surface area contributed by atoms with Crippen LogP contribution in [0.4, 0.5) is 0 Å². The summed E-state index contributed by atoms with van der Waals surface area (Å²) in [5.74, 6) is -0.558. The third-order valence-corrected chi connectivity index (χ3v) is 6.44. The lowest BCUT2D eigenvalue weighted by molar-refractivity contribution is -0.127. The number of hydrogen-bond donors (Lipinski definition) is 2. The molecular weight excluding hydrogens is 436 g/mol. The highest BCUT2D eigenvalue weighted by Crippen LogP contribution is 2.45. The van der Waals surface area contributed by atoms with Crippen LogP contribution in [0, 0.1) is 0 Å². The van der Waals surface area contributed by atoms with Crippen molar-refractivity contribution in [1.29, 1.82) is 0 Å². The molecule has 1 heterocycles. The van der Waals surface area contributed by atoms with Crippen LogP contribution in [-0.4, -0.2) is 21.8 Å². The van der Waals surface area contributed by atoms with E-state index in [4.69, 9.17) is 0 Å². The van der Waals surface area contributed by atoms with Crippen molar-refractivity contribution in [1.82, 2.24) is 10.2 Å². The molecule has 5 heteroatoms. The van der Waals surface area contributed by atoms with E-state index in [1.165, 1.54) is 4.90 Å². The van der Waals surface area contributed by atoms with Gasteiger partial charge in [0.15, 0.2) is 0 Å². The molecule has 0 aromatic heterocycles. The van der Waals surface area contributed by atoms with E-state index in [0.717, 1.165) is 11.1 Å². The van der Waals surface area contributed by atoms with Gasteiger partial charge in [-0.25, -0.2) is 0 Å². The van der Waals surface area contributed by atoms with E-state index in [0.29, 0.717) is 23.2 Å². The van der Waals surface area contributed by atoms with E-state index in [1.807, 2.05) is 103 Å². The summed E-state index contributed by atoms with van der Waals surface area (Å²) in [6, 6.07) is 33.9. The smallest absolute Gasteiger partial charge is 0.255 e. The van der Waals surface area contributed by atoms with Crippen molar-refractivity contribution >= 4 is 11.8 Å². The lowest BCUT2D eigenvalue weighted by Gasteiger charge is -2.36. The molecule has 1 aliphatic rings. The molecule has 174 valence electrons. The quantitative estimate of drug-likeness (QED) is 0.407. The van der Waals surface area contributed by atoms with Gasteiger partial charge in [-0.05, 0) is 28.3 Å². The van der Waals surface area contributed by atoms with Gasteiger partial charge < -0.3 is 15.3 Å². The molecule has 0 fully saturated rings. The van der Waals surface area contributed by atoms with Crippen LogP contribution in [0.2, 0.25) is 0 Å². The van der Waals surface area contributed by atoms with Crippen molar-refractivity contribution in [3.05, 3.63) is 143 Å². The summed E-state index contributed by atoms with van der Waals surface area (Å²) < 4.78 is 0. The summed E-state index contributed by atoms with van der Waals surface area (Å²) in [5.41, 5.74) is 3.52. The molecule has 0 aliphatic carbocycles. The van der Waals surface area contributed by atoms with Crippen LogP contribution in [0.1, 0.15) is 50.8 Å². The Kier molecular flexibility index (Phi) is 6.42. The molecule has 5 rings (SSSR count). The molecule has 0 bridgehead atoms. The molecule has 1 aliphatic heterocycles. The molecule has 2 amide bonds. The van der Waals surface area contributed by atoms with Gasteiger partial charge in [0.05, 0.1) is 6.04 Å². The number of carbonyl (C=O) groups is 2. The predicted molar refractivity (Wildman–Crippen MR) is 134 cm³/mol. The Morgan fingerprint density at radius 1 is 0.771 bits per heavy atom. The van der Waals surface area contributed by atoms with E-state index in [9.17, 15) is 14.7 Å². The van der Waals surface area contributed by atoms with Crippen molar-refractivity contribution in [3.63, 3.8) is 0 Å².